The second-order valence-electron chi connectivity index (χ2n) is 3.60. The van der Waals surface area contributed by atoms with Gasteiger partial charge in [0.2, 0.25) is 5.91 Å². The number of rotatable bonds is 9. The fraction of sp³-hybridized carbons (Fsp3) is 0.800. The van der Waals surface area contributed by atoms with Crippen molar-refractivity contribution in [3.05, 3.63) is 0 Å². The van der Waals surface area contributed by atoms with E-state index in [2.05, 4.69) is 5.32 Å². The van der Waals surface area contributed by atoms with Crippen molar-refractivity contribution in [1.82, 2.24) is 5.32 Å². The summed E-state index contributed by atoms with van der Waals surface area (Å²) >= 11 is 0. The molecular formula is C10H19NO5S. The highest BCUT2D eigenvalue weighted by Gasteiger charge is 2.20. The van der Waals surface area contributed by atoms with Crippen LogP contribution in [0.1, 0.15) is 19.8 Å². The number of amides is 1. The third-order valence-electron chi connectivity index (χ3n) is 2.00. The van der Waals surface area contributed by atoms with Crippen LogP contribution in [-0.2, 0) is 25.1 Å². The number of unbranched alkanes of at least 4 members (excludes halogenated alkanes) is 1. The van der Waals surface area contributed by atoms with Crippen LogP contribution in [0.15, 0.2) is 0 Å². The maximum Gasteiger partial charge on any atom is 0.327 e. The molecule has 0 aliphatic rings. The summed E-state index contributed by atoms with van der Waals surface area (Å²) in [5, 5.41) is 11.1. The van der Waals surface area contributed by atoms with Gasteiger partial charge in [0.15, 0.2) is 0 Å². The van der Waals surface area contributed by atoms with Crippen LogP contribution in [0.2, 0.25) is 0 Å². The first-order chi connectivity index (χ1) is 7.97. The number of aliphatic carboxylic acids is 1. The Bertz CT molecular complexity index is 282. The molecule has 0 rings (SSSR count). The molecule has 0 spiro atoms. The molecule has 0 aromatic heterocycles. The highest BCUT2D eigenvalue weighted by molar-refractivity contribution is 7.85. The van der Waals surface area contributed by atoms with Crippen molar-refractivity contribution < 1.29 is 23.6 Å². The summed E-state index contributed by atoms with van der Waals surface area (Å²) in [6.07, 6.45) is 1.51. The molecule has 0 heterocycles. The van der Waals surface area contributed by atoms with Crippen LogP contribution in [0, 0.1) is 0 Å². The maximum atomic E-state index is 11.6. The van der Waals surface area contributed by atoms with Gasteiger partial charge in [-0.15, -0.1) is 0 Å². The van der Waals surface area contributed by atoms with Crippen molar-refractivity contribution in [1.29, 1.82) is 0 Å². The number of carbonyl (C=O) groups is 2. The minimum Gasteiger partial charge on any atom is -0.480 e. The van der Waals surface area contributed by atoms with Crippen molar-refractivity contribution in [2.24, 2.45) is 0 Å². The van der Waals surface area contributed by atoms with Gasteiger partial charge in [-0.2, -0.15) is 0 Å². The zero-order valence-corrected chi connectivity index (χ0v) is 10.9. The lowest BCUT2D eigenvalue weighted by atomic mass is 10.3. The predicted molar refractivity (Wildman–Crippen MR) is 64.2 cm³/mol. The summed E-state index contributed by atoms with van der Waals surface area (Å²) in [5.41, 5.74) is 0. The van der Waals surface area contributed by atoms with Crippen LogP contribution in [-0.4, -0.2) is 52.5 Å². The van der Waals surface area contributed by atoms with Crippen molar-refractivity contribution >= 4 is 22.7 Å². The lowest BCUT2D eigenvalue weighted by Gasteiger charge is -2.12. The maximum absolute atomic E-state index is 11.6. The smallest absolute Gasteiger partial charge is 0.327 e. The largest absolute Gasteiger partial charge is 0.480 e. The summed E-state index contributed by atoms with van der Waals surface area (Å²) in [4.78, 5) is 21.5. The van der Waals surface area contributed by atoms with E-state index in [4.69, 9.17) is 9.84 Å². The summed E-state index contributed by atoms with van der Waals surface area (Å²) in [5.74, 6) is -1.23. The molecule has 7 heteroatoms. The van der Waals surface area contributed by atoms with E-state index < -0.39 is 28.7 Å². The number of carbonyl (C=O) groups excluding carboxylic acids is 1. The molecule has 0 radical (unpaired) electrons. The molecule has 1 unspecified atom stereocenters. The SMILES string of the molecule is COCCCCS(=O)C[C@H](NC(C)=O)C(=O)O. The molecule has 0 saturated heterocycles. The second kappa shape index (κ2) is 9.12. The Kier molecular flexibility index (Phi) is 8.61. The molecule has 0 saturated carbocycles. The van der Waals surface area contributed by atoms with Gasteiger partial charge in [-0.25, -0.2) is 4.79 Å². The van der Waals surface area contributed by atoms with Gasteiger partial charge in [-0.3, -0.25) is 9.00 Å². The van der Waals surface area contributed by atoms with E-state index in [-0.39, 0.29) is 5.75 Å². The number of nitrogens with one attached hydrogen (secondary N) is 1. The van der Waals surface area contributed by atoms with E-state index in [0.717, 1.165) is 6.42 Å². The number of carboxylic acids is 1. The molecular weight excluding hydrogens is 246 g/mol. The van der Waals surface area contributed by atoms with E-state index in [1.54, 1.807) is 7.11 Å². The van der Waals surface area contributed by atoms with Gasteiger partial charge in [-0.05, 0) is 12.8 Å². The number of methoxy groups -OCH3 is 1. The molecule has 0 aromatic rings. The molecule has 6 nitrogen and oxygen atoms in total. The van der Waals surface area contributed by atoms with Crippen LogP contribution in [0.4, 0.5) is 0 Å². The second-order valence-corrected chi connectivity index (χ2v) is 5.22. The van der Waals surface area contributed by atoms with E-state index in [1.807, 2.05) is 0 Å². The molecule has 100 valence electrons. The van der Waals surface area contributed by atoms with Gasteiger partial charge >= 0.3 is 5.97 Å². The summed E-state index contributed by atoms with van der Waals surface area (Å²) in [6, 6.07) is -1.07. The fourth-order valence-corrected chi connectivity index (χ4v) is 2.49. The third-order valence-corrected chi connectivity index (χ3v) is 3.45. The van der Waals surface area contributed by atoms with Crippen molar-refractivity contribution in [2.75, 3.05) is 25.2 Å². The Balaban J connectivity index is 3.96. The molecule has 0 bridgehead atoms. The minimum absolute atomic E-state index is 0.0537. The number of hydrogen-bond donors (Lipinski definition) is 2. The van der Waals surface area contributed by atoms with E-state index in [0.29, 0.717) is 18.8 Å². The van der Waals surface area contributed by atoms with E-state index in [1.165, 1.54) is 6.92 Å². The average Bonchev–Trinajstić information content (AvgIpc) is 2.22. The Morgan fingerprint density at radius 1 is 1.41 bits per heavy atom. The Morgan fingerprint density at radius 2 is 2.06 bits per heavy atom. The number of carboxylic acid groups (broad SMARTS) is 1. The topological polar surface area (TPSA) is 92.7 Å². The van der Waals surface area contributed by atoms with Gasteiger partial charge in [-0.1, -0.05) is 0 Å². The van der Waals surface area contributed by atoms with Gasteiger partial charge in [0, 0.05) is 37.2 Å². The molecule has 2 N–H and O–H groups in total. The van der Waals surface area contributed by atoms with Crippen molar-refractivity contribution in [3.63, 3.8) is 0 Å². The monoisotopic (exact) mass is 265 g/mol. The standard InChI is InChI=1S/C10H19NO5S/c1-8(12)11-9(10(13)14)7-17(15)6-4-3-5-16-2/h9H,3-7H2,1-2H3,(H,11,12)(H,13,14)/t9-,17?/m0/s1. The van der Waals surface area contributed by atoms with Crippen molar-refractivity contribution in [2.45, 2.75) is 25.8 Å². The average molecular weight is 265 g/mol. The third kappa shape index (κ3) is 8.82. The molecule has 0 aliphatic carbocycles. The Labute approximate surface area is 103 Å². The van der Waals surface area contributed by atoms with Crippen LogP contribution in [0.5, 0.6) is 0 Å². The first-order valence-electron chi connectivity index (χ1n) is 5.31. The predicted octanol–water partition coefficient (Wildman–Crippen LogP) is -0.249. The summed E-state index contributed by atoms with van der Waals surface area (Å²) in [7, 11) is 0.350. The lowest BCUT2D eigenvalue weighted by molar-refractivity contribution is -0.140. The zero-order chi connectivity index (χ0) is 13.3. The van der Waals surface area contributed by atoms with Crippen LogP contribution in [0.25, 0.3) is 0 Å². The first kappa shape index (κ1) is 16.1. The van der Waals surface area contributed by atoms with Gasteiger partial charge in [0.1, 0.15) is 6.04 Å². The van der Waals surface area contributed by atoms with Crippen molar-refractivity contribution in [3.8, 4) is 0 Å². The summed E-state index contributed by atoms with van der Waals surface area (Å²) in [6.45, 7) is 1.84. The van der Waals surface area contributed by atoms with Gasteiger partial charge in [0.05, 0.1) is 5.75 Å². The molecule has 2 atom stereocenters. The normalized spacial score (nSPS) is 14.0. The quantitative estimate of drug-likeness (QED) is 0.561. The molecule has 0 fully saturated rings. The van der Waals surface area contributed by atoms with E-state index in [9.17, 15) is 13.8 Å². The highest BCUT2D eigenvalue weighted by atomic mass is 32.2. The van der Waals surface area contributed by atoms with Gasteiger partial charge < -0.3 is 15.2 Å². The number of hydrogen-bond acceptors (Lipinski definition) is 4. The first-order valence-corrected chi connectivity index (χ1v) is 6.80. The molecule has 0 aromatic carbocycles. The van der Waals surface area contributed by atoms with Crippen LogP contribution in [0.3, 0.4) is 0 Å². The Hall–Kier alpha value is -0.950. The lowest BCUT2D eigenvalue weighted by Crippen LogP contribution is -2.43. The van der Waals surface area contributed by atoms with Crippen LogP contribution >= 0.6 is 0 Å². The fourth-order valence-electron chi connectivity index (χ4n) is 1.20. The van der Waals surface area contributed by atoms with E-state index >= 15 is 0 Å². The number of ether oxygens (including phenoxy) is 1. The highest BCUT2D eigenvalue weighted by Crippen LogP contribution is 1.97. The molecule has 17 heavy (non-hydrogen) atoms. The molecule has 0 aliphatic heterocycles. The molecule has 1 amide bonds. The summed E-state index contributed by atoms with van der Waals surface area (Å²) < 4.78 is 16.4. The van der Waals surface area contributed by atoms with Crippen LogP contribution < -0.4 is 5.32 Å². The minimum atomic E-state index is -1.24. The zero-order valence-electron chi connectivity index (χ0n) is 10.1. The Morgan fingerprint density at radius 3 is 2.53 bits per heavy atom. The van der Waals surface area contributed by atoms with Gasteiger partial charge in [0.25, 0.3) is 0 Å².